The third-order valence-electron chi connectivity index (χ3n) is 7.34. The molecule has 3 aliphatic rings. The van der Waals surface area contributed by atoms with E-state index in [9.17, 15) is 4.39 Å². The van der Waals surface area contributed by atoms with Gasteiger partial charge in [-0.3, -0.25) is 4.40 Å². The minimum Gasteiger partial charge on any atom is -0.295 e. The molecule has 3 heteroatoms. The Morgan fingerprint density at radius 2 is 1.81 bits per heavy atom. The van der Waals surface area contributed by atoms with Gasteiger partial charge in [0.15, 0.2) is 0 Å². The molecule has 0 aliphatic heterocycles. The molecule has 2 aromatic carbocycles. The van der Waals surface area contributed by atoms with Crippen molar-refractivity contribution < 1.29 is 4.39 Å². The molecule has 0 amide bonds. The van der Waals surface area contributed by atoms with Crippen LogP contribution in [0.5, 0.6) is 0 Å². The SMILES string of the molecule is Fc1ccc2c3ccccc3c3nc4c(n3c2c1)C1CC2CC(C1)C4C2. The number of pyridine rings is 1. The molecular formula is C23H19FN2. The first-order chi connectivity index (χ1) is 12.8. The minimum atomic E-state index is -0.168. The Morgan fingerprint density at radius 3 is 2.73 bits per heavy atom. The van der Waals surface area contributed by atoms with E-state index in [1.807, 2.05) is 6.07 Å². The van der Waals surface area contributed by atoms with Crippen molar-refractivity contribution in [3.05, 3.63) is 59.7 Å². The summed E-state index contributed by atoms with van der Waals surface area (Å²) in [6.45, 7) is 0. The quantitative estimate of drug-likeness (QED) is 0.370. The summed E-state index contributed by atoms with van der Waals surface area (Å²) in [7, 11) is 0. The second-order valence-corrected chi connectivity index (χ2v) is 8.62. The zero-order valence-electron chi connectivity index (χ0n) is 14.5. The highest BCUT2D eigenvalue weighted by molar-refractivity contribution is 6.11. The van der Waals surface area contributed by atoms with Crippen molar-refractivity contribution in [1.29, 1.82) is 0 Å². The van der Waals surface area contributed by atoms with Crippen LogP contribution in [0.4, 0.5) is 4.39 Å². The highest BCUT2D eigenvalue weighted by atomic mass is 19.1. The Hall–Kier alpha value is -2.42. The lowest BCUT2D eigenvalue weighted by Gasteiger charge is -2.33. The number of hydrogen-bond acceptors (Lipinski definition) is 1. The van der Waals surface area contributed by atoms with Crippen molar-refractivity contribution in [1.82, 2.24) is 9.38 Å². The Balaban J connectivity index is 1.73. The summed E-state index contributed by atoms with van der Waals surface area (Å²) in [4.78, 5) is 5.22. The van der Waals surface area contributed by atoms with Crippen LogP contribution in [0.25, 0.3) is 27.3 Å². The van der Waals surface area contributed by atoms with Crippen LogP contribution in [0.1, 0.15) is 48.9 Å². The zero-order chi connectivity index (χ0) is 17.0. The van der Waals surface area contributed by atoms with Crippen LogP contribution < -0.4 is 0 Å². The molecule has 7 rings (SSSR count). The number of nitrogens with zero attached hydrogens (tertiary/aromatic N) is 2. The first kappa shape index (κ1) is 13.7. The molecule has 2 saturated carbocycles. The number of benzene rings is 2. The molecule has 0 radical (unpaired) electrons. The largest absolute Gasteiger partial charge is 0.295 e. The van der Waals surface area contributed by atoms with Crippen molar-refractivity contribution in [2.45, 2.75) is 37.5 Å². The molecule has 3 aliphatic carbocycles. The Labute approximate surface area is 150 Å². The number of halogens is 1. The number of rotatable bonds is 0. The molecular weight excluding hydrogens is 323 g/mol. The van der Waals surface area contributed by atoms with E-state index in [0.717, 1.165) is 28.4 Å². The predicted molar refractivity (Wildman–Crippen MR) is 101 cm³/mol. The summed E-state index contributed by atoms with van der Waals surface area (Å²) in [6, 6.07) is 13.7. The zero-order valence-corrected chi connectivity index (χ0v) is 14.5. The van der Waals surface area contributed by atoms with Gasteiger partial charge in [-0.05, 0) is 61.1 Å². The first-order valence-electron chi connectivity index (χ1n) is 9.80. The van der Waals surface area contributed by atoms with E-state index < -0.39 is 0 Å². The molecule has 26 heavy (non-hydrogen) atoms. The van der Waals surface area contributed by atoms with E-state index in [4.69, 9.17) is 4.98 Å². The van der Waals surface area contributed by atoms with E-state index in [1.165, 1.54) is 47.8 Å². The molecule has 0 N–H and O–H groups in total. The van der Waals surface area contributed by atoms with E-state index in [1.54, 1.807) is 12.1 Å². The van der Waals surface area contributed by atoms with Gasteiger partial charge in [0.2, 0.25) is 0 Å². The molecule has 2 heterocycles. The smallest absolute Gasteiger partial charge is 0.145 e. The van der Waals surface area contributed by atoms with Crippen molar-refractivity contribution in [2.75, 3.05) is 0 Å². The number of hydrogen-bond donors (Lipinski definition) is 0. The summed E-state index contributed by atoms with van der Waals surface area (Å²) < 4.78 is 16.5. The predicted octanol–water partition coefficient (Wildman–Crippen LogP) is 5.78. The molecule has 2 nitrogen and oxygen atoms in total. The van der Waals surface area contributed by atoms with Gasteiger partial charge in [-0.2, -0.15) is 0 Å². The summed E-state index contributed by atoms with van der Waals surface area (Å²) in [5.41, 5.74) is 4.73. The van der Waals surface area contributed by atoms with Crippen molar-refractivity contribution in [3.63, 3.8) is 0 Å². The normalized spacial score (nSPS) is 29.1. The molecule has 3 bridgehead atoms. The molecule has 128 valence electrons. The lowest BCUT2D eigenvalue weighted by Crippen LogP contribution is -2.23. The second-order valence-electron chi connectivity index (χ2n) is 8.62. The number of aromatic nitrogens is 2. The average Bonchev–Trinajstić information content (AvgIpc) is 3.16. The topological polar surface area (TPSA) is 17.3 Å². The average molecular weight is 342 g/mol. The fourth-order valence-corrected chi connectivity index (χ4v) is 6.48. The maximum atomic E-state index is 14.2. The van der Waals surface area contributed by atoms with Crippen LogP contribution in [-0.2, 0) is 0 Å². The van der Waals surface area contributed by atoms with E-state index >= 15 is 0 Å². The summed E-state index contributed by atoms with van der Waals surface area (Å²) >= 11 is 0. The Bertz CT molecular complexity index is 1240. The fourth-order valence-electron chi connectivity index (χ4n) is 6.48. The van der Waals surface area contributed by atoms with Crippen molar-refractivity contribution in [3.8, 4) is 0 Å². The van der Waals surface area contributed by atoms with Gasteiger partial charge in [0.05, 0.1) is 11.2 Å². The van der Waals surface area contributed by atoms with Crippen LogP contribution in [0, 0.1) is 17.7 Å². The van der Waals surface area contributed by atoms with Gasteiger partial charge >= 0.3 is 0 Å². The van der Waals surface area contributed by atoms with E-state index in [2.05, 4.69) is 28.7 Å². The Kier molecular flexibility index (Phi) is 2.35. The first-order valence-corrected chi connectivity index (χ1v) is 9.80. The third kappa shape index (κ3) is 1.52. The lowest BCUT2D eigenvalue weighted by molar-refractivity contribution is 0.290. The van der Waals surface area contributed by atoms with Crippen molar-refractivity contribution >= 4 is 27.3 Å². The van der Waals surface area contributed by atoms with Crippen LogP contribution in [0.2, 0.25) is 0 Å². The molecule has 4 aromatic rings. The molecule has 0 saturated heterocycles. The summed E-state index contributed by atoms with van der Waals surface area (Å²) in [5.74, 6) is 2.74. The monoisotopic (exact) mass is 342 g/mol. The maximum Gasteiger partial charge on any atom is 0.145 e. The third-order valence-corrected chi connectivity index (χ3v) is 7.34. The Morgan fingerprint density at radius 1 is 0.923 bits per heavy atom. The fraction of sp³-hybridized carbons (Fsp3) is 0.348. The summed E-state index contributed by atoms with van der Waals surface area (Å²) in [6.07, 6.45) is 5.29. The van der Waals surface area contributed by atoms with E-state index in [-0.39, 0.29) is 5.82 Å². The number of fused-ring (bicyclic) bond motifs is 12. The van der Waals surface area contributed by atoms with Crippen LogP contribution in [0.15, 0.2) is 42.5 Å². The van der Waals surface area contributed by atoms with Gasteiger partial charge in [-0.15, -0.1) is 0 Å². The van der Waals surface area contributed by atoms with Gasteiger partial charge in [-0.25, -0.2) is 9.37 Å². The molecule has 0 spiro atoms. The van der Waals surface area contributed by atoms with Crippen LogP contribution in [0.3, 0.4) is 0 Å². The highest BCUT2D eigenvalue weighted by Crippen LogP contribution is 2.60. The van der Waals surface area contributed by atoms with Gasteiger partial charge in [0.1, 0.15) is 11.5 Å². The van der Waals surface area contributed by atoms with Gasteiger partial charge in [0.25, 0.3) is 0 Å². The molecule has 4 atom stereocenters. The number of imidazole rings is 1. The van der Waals surface area contributed by atoms with E-state index in [0.29, 0.717) is 11.8 Å². The van der Waals surface area contributed by atoms with Crippen molar-refractivity contribution in [2.24, 2.45) is 11.8 Å². The minimum absolute atomic E-state index is 0.168. The molecule has 4 unspecified atom stereocenters. The molecule has 2 aromatic heterocycles. The highest BCUT2D eigenvalue weighted by Gasteiger charge is 2.49. The second kappa shape index (κ2) is 4.46. The van der Waals surface area contributed by atoms with Gasteiger partial charge < -0.3 is 0 Å². The lowest BCUT2D eigenvalue weighted by atomic mass is 9.73. The summed E-state index contributed by atoms with van der Waals surface area (Å²) in [5, 5.41) is 3.48. The van der Waals surface area contributed by atoms with Crippen LogP contribution >= 0.6 is 0 Å². The maximum absolute atomic E-state index is 14.2. The van der Waals surface area contributed by atoms with Gasteiger partial charge in [-0.1, -0.05) is 24.3 Å². The van der Waals surface area contributed by atoms with Crippen LogP contribution in [-0.4, -0.2) is 9.38 Å². The molecule has 2 fully saturated rings. The van der Waals surface area contributed by atoms with Gasteiger partial charge in [0, 0.05) is 28.3 Å². The standard InChI is InChI=1S/C23H19FN2/c24-15-5-6-17-16-3-1-2-4-18(16)23-25-21-19-9-12-7-13(19)10-14(8-12)22(21)26(23)20(17)11-15/h1-6,11-14,19H,7-10H2.